The molecule has 0 aliphatic carbocycles. The maximum absolute atomic E-state index is 12.7. The minimum Gasteiger partial charge on any atom is -0.458 e. The zero-order valence-corrected chi connectivity index (χ0v) is 16.3. The van der Waals surface area contributed by atoms with Gasteiger partial charge in [-0.15, -0.1) is 0 Å². The van der Waals surface area contributed by atoms with Crippen molar-refractivity contribution in [3.05, 3.63) is 0 Å². The lowest BCUT2D eigenvalue weighted by atomic mass is 10.0. The number of esters is 1. The molecule has 0 aromatic carbocycles. The average molecular weight is 346 g/mol. The fourth-order valence-electron chi connectivity index (χ4n) is 2.21. The van der Waals surface area contributed by atoms with Crippen LogP contribution in [0.3, 0.4) is 0 Å². The van der Waals surface area contributed by atoms with Crippen molar-refractivity contribution in [1.29, 1.82) is 0 Å². The summed E-state index contributed by atoms with van der Waals surface area (Å²) in [6, 6.07) is -1.48. The highest BCUT2D eigenvalue weighted by atomic mass is 16.7. The number of methoxy groups -OCH3 is 2. The summed E-state index contributed by atoms with van der Waals surface area (Å²) in [5.41, 5.74) is 5.12. The molecule has 0 radical (unpaired) electrons. The summed E-state index contributed by atoms with van der Waals surface area (Å²) >= 11 is 0. The van der Waals surface area contributed by atoms with E-state index in [1.165, 1.54) is 19.1 Å². The normalized spacial score (nSPS) is 14.6. The molecule has 0 aliphatic rings. The van der Waals surface area contributed by atoms with Crippen molar-refractivity contribution in [3.8, 4) is 0 Å². The Morgan fingerprint density at radius 2 is 1.58 bits per heavy atom. The van der Waals surface area contributed by atoms with Gasteiger partial charge < -0.3 is 24.8 Å². The van der Waals surface area contributed by atoms with Crippen LogP contribution in [0.5, 0.6) is 0 Å². The highest BCUT2D eigenvalue weighted by Crippen LogP contribution is 2.19. The zero-order chi connectivity index (χ0) is 19.1. The van der Waals surface area contributed by atoms with Crippen molar-refractivity contribution in [3.63, 3.8) is 0 Å². The molecule has 0 rings (SSSR count). The molecule has 7 nitrogen and oxygen atoms in total. The van der Waals surface area contributed by atoms with Crippen LogP contribution in [0.2, 0.25) is 0 Å². The van der Waals surface area contributed by atoms with Gasteiger partial charge in [0.15, 0.2) is 6.29 Å². The second kappa shape index (κ2) is 9.96. The van der Waals surface area contributed by atoms with E-state index in [-0.39, 0.29) is 18.4 Å². The number of hydrogen-bond donors (Lipinski definition) is 1. The number of hydrogen-bond acceptors (Lipinski definition) is 6. The summed E-state index contributed by atoms with van der Waals surface area (Å²) < 4.78 is 15.9. The second-order valence-corrected chi connectivity index (χ2v) is 7.36. The average Bonchev–Trinajstić information content (AvgIpc) is 2.43. The molecule has 1 amide bonds. The predicted octanol–water partition coefficient (Wildman–Crippen LogP) is 1.54. The van der Waals surface area contributed by atoms with E-state index in [4.69, 9.17) is 19.9 Å². The molecule has 24 heavy (non-hydrogen) atoms. The van der Waals surface area contributed by atoms with Crippen molar-refractivity contribution >= 4 is 11.9 Å². The van der Waals surface area contributed by atoms with Crippen molar-refractivity contribution < 1.29 is 23.8 Å². The number of carbonyl (C=O) groups excluding carboxylic acids is 2. The van der Waals surface area contributed by atoms with E-state index in [0.29, 0.717) is 6.42 Å². The quantitative estimate of drug-likeness (QED) is 0.503. The molecule has 0 saturated heterocycles. The van der Waals surface area contributed by atoms with Crippen LogP contribution in [0.4, 0.5) is 0 Å². The lowest BCUT2D eigenvalue weighted by molar-refractivity contribution is -0.172. The first-order valence-electron chi connectivity index (χ1n) is 8.27. The fourth-order valence-corrected chi connectivity index (χ4v) is 2.21. The van der Waals surface area contributed by atoms with Gasteiger partial charge in [-0.05, 0) is 40.0 Å². The Bertz CT molecular complexity index is 400. The van der Waals surface area contributed by atoms with Crippen LogP contribution < -0.4 is 5.73 Å². The highest BCUT2D eigenvalue weighted by Gasteiger charge is 2.36. The first kappa shape index (κ1) is 22.8. The van der Waals surface area contributed by atoms with E-state index < -0.39 is 29.9 Å². The SMILES string of the molecule is COC(CN(C(=O)[C@H](C)N)[C@@H](CC(C)C)C(=O)OC(C)(C)C)OC. The number of nitrogens with zero attached hydrogens (tertiary/aromatic N) is 1. The van der Waals surface area contributed by atoms with E-state index in [2.05, 4.69) is 0 Å². The van der Waals surface area contributed by atoms with Crippen molar-refractivity contribution in [1.82, 2.24) is 4.90 Å². The molecule has 0 spiro atoms. The molecular weight excluding hydrogens is 312 g/mol. The Hall–Kier alpha value is -1.18. The Labute approximate surface area is 145 Å². The summed E-state index contributed by atoms with van der Waals surface area (Å²) in [5.74, 6) is -0.601. The van der Waals surface area contributed by atoms with Crippen LogP contribution in [0.25, 0.3) is 0 Å². The summed E-state index contributed by atoms with van der Waals surface area (Å²) in [6.45, 7) is 11.0. The Balaban J connectivity index is 5.61. The number of rotatable bonds is 9. The van der Waals surface area contributed by atoms with Crippen molar-refractivity contribution in [2.24, 2.45) is 11.7 Å². The largest absolute Gasteiger partial charge is 0.458 e. The monoisotopic (exact) mass is 346 g/mol. The number of nitrogens with two attached hydrogens (primary N) is 1. The Kier molecular flexibility index (Phi) is 9.47. The smallest absolute Gasteiger partial charge is 0.329 e. The maximum atomic E-state index is 12.7. The summed E-state index contributed by atoms with van der Waals surface area (Å²) in [4.78, 5) is 26.7. The van der Waals surface area contributed by atoms with Gasteiger partial charge in [0, 0.05) is 14.2 Å². The molecule has 0 aromatic heterocycles. The standard InChI is InChI=1S/C17H34N2O5/c1-11(2)9-13(16(21)24-17(4,5)6)19(15(20)12(3)18)10-14(22-7)23-8/h11-14H,9-10,18H2,1-8H3/t12-,13-/m0/s1. The van der Waals surface area contributed by atoms with Gasteiger partial charge in [0.05, 0.1) is 12.6 Å². The maximum Gasteiger partial charge on any atom is 0.329 e. The number of carbonyl (C=O) groups is 2. The van der Waals surface area contributed by atoms with Gasteiger partial charge >= 0.3 is 5.97 Å². The Morgan fingerprint density at radius 3 is 1.92 bits per heavy atom. The van der Waals surface area contributed by atoms with E-state index in [1.54, 1.807) is 27.7 Å². The van der Waals surface area contributed by atoms with Crippen LogP contribution in [0.1, 0.15) is 48.0 Å². The summed E-state index contributed by atoms with van der Waals surface area (Å²) in [7, 11) is 2.96. The van der Waals surface area contributed by atoms with Gasteiger partial charge in [0.2, 0.25) is 5.91 Å². The number of ether oxygens (including phenoxy) is 3. The molecule has 0 heterocycles. The second-order valence-electron chi connectivity index (χ2n) is 7.36. The third-order valence-electron chi connectivity index (χ3n) is 3.29. The molecule has 0 bridgehead atoms. The van der Waals surface area contributed by atoms with Crippen molar-refractivity contribution in [2.75, 3.05) is 20.8 Å². The minimum atomic E-state index is -0.740. The van der Waals surface area contributed by atoms with Gasteiger partial charge in [-0.2, -0.15) is 0 Å². The van der Waals surface area contributed by atoms with E-state index in [1.807, 2.05) is 13.8 Å². The summed E-state index contributed by atoms with van der Waals surface area (Å²) in [5, 5.41) is 0. The predicted molar refractivity (Wildman–Crippen MR) is 92.3 cm³/mol. The molecule has 2 atom stereocenters. The van der Waals surface area contributed by atoms with Gasteiger partial charge in [0.25, 0.3) is 0 Å². The summed E-state index contributed by atoms with van der Waals surface area (Å²) in [6.07, 6.45) is -0.183. The third kappa shape index (κ3) is 8.08. The lowest BCUT2D eigenvalue weighted by Crippen LogP contribution is -2.55. The fraction of sp³-hybridized carbons (Fsp3) is 0.882. The molecule has 0 unspecified atom stereocenters. The van der Waals surface area contributed by atoms with E-state index >= 15 is 0 Å². The van der Waals surface area contributed by atoms with Crippen LogP contribution >= 0.6 is 0 Å². The van der Waals surface area contributed by atoms with Crippen LogP contribution in [-0.4, -0.2) is 61.5 Å². The molecule has 0 aromatic rings. The first-order chi connectivity index (χ1) is 10.9. The van der Waals surface area contributed by atoms with Gasteiger partial charge in [-0.1, -0.05) is 13.8 Å². The molecule has 142 valence electrons. The lowest BCUT2D eigenvalue weighted by Gasteiger charge is -2.35. The topological polar surface area (TPSA) is 91.1 Å². The highest BCUT2D eigenvalue weighted by molar-refractivity contribution is 5.87. The van der Waals surface area contributed by atoms with Crippen LogP contribution in [-0.2, 0) is 23.8 Å². The zero-order valence-electron chi connectivity index (χ0n) is 16.3. The van der Waals surface area contributed by atoms with Gasteiger partial charge in [-0.3, -0.25) is 4.79 Å². The van der Waals surface area contributed by atoms with Crippen molar-refractivity contribution in [2.45, 2.75) is 71.9 Å². The third-order valence-corrected chi connectivity index (χ3v) is 3.29. The van der Waals surface area contributed by atoms with Gasteiger partial charge in [-0.25, -0.2) is 4.79 Å². The number of amides is 1. The molecule has 0 fully saturated rings. The van der Waals surface area contributed by atoms with E-state index in [9.17, 15) is 9.59 Å². The first-order valence-corrected chi connectivity index (χ1v) is 8.27. The van der Waals surface area contributed by atoms with Crippen LogP contribution in [0.15, 0.2) is 0 Å². The molecule has 0 saturated carbocycles. The Morgan fingerprint density at radius 1 is 1.08 bits per heavy atom. The van der Waals surface area contributed by atoms with E-state index in [0.717, 1.165) is 0 Å². The molecule has 2 N–H and O–H groups in total. The molecular formula is C17H34N2O5. The molecule has 0 aliphatic heterocycles. The van der Waals surface area contributed by atoms with Gasteiger partial charge in [0.1, 0.15) is 11.6 Å². The van der Waals surface area contributed by atoms with Crippen LogP contribution in [0, 0.1) is 5.92 Å². The minimum absolute atomic E-state index is 0.101. The molecule has 7 heteroatoms.